The van der Waals surface area contributed by atoms with Crippen molar-refractivity contribution in [1.82, 2.24) is 9.88 Å². The Morgan fingerprint density at radius 2 is 1.60 bits per heavy atom. The van der Waals surface area contributed by atoms with Crippen LogP contribution in [0.1, 0.15) is 44.1 Å². The Morgan fingerprint density at radius 1 is 0.967 bits per heavy atom. The van der Waals surface area contributed by atoms with Gasteiger partial charge < -0.3 is 9.64 Å². The van der Waals surface area contributed by atoms with Crippen molar-refractivity contribution >= 4 is 17.2 Å². The molecule has 0 bridgehead atoms. The Kier molecular flexibility index (Phi) is 6.92. The van der Waals surface area contributed by atoms with Crippen LogP contribution in [0.15, 0.2) is 60.9 Å². The fourth-order valence-corrected chi connectivity index (χ4v) is 4.75. The number of piperidine rings is 1. The summed E-state index contributed by atoms with van der Waals surface area (Å²) >= 11 is 1.59. The van der Waals surface area contributed by atoms with Crippen LogP contribution < -0.4 is 0 Å². The van der Waals surface area contributed by atoms with Gasteiger partial charge in [0.2, 0.25) is 0 Å². The van der Waals surface area contributed by atoms with Crippen LogP contribution in [0.4, 0.5) is 0 Å². The summed E-state index contributed by atoms with van der Waals surface area (Å²) in [6, 6.07) is 16.7. The van der Waals surface area contributed by atoms with Gasteiger partial charge in [0.15, 0.2) is 0 Å². The van der Waals surface area contributed by atoms with Crippen LogP contribution in [0.25, 0.3) is 0 Å². The van der Waals surface area contributed by atoms with Crippen molar-refractivity contribution in [2.45, 2.75) is 39.4 Å². The number of ether oxygens (including phenoxy) is 1. The minimum absolute atomic E-state index is 0.197. The van der Waals surface area contributed by atoms with E-state index in [-0.39, 0.29) is 5.91 Å². The largest absolute Gasteiger partial charge is 0.372 e. The third-order valence-corrected chi connectivity index (χ3v) is 6.68. The quantitative estimate of drug-likeness (QED) is 0.523. The van der Waals surface area contributed by atoms with E-state index in [1.807, 2.05) is 36.1 Å². The van der Waals surface area contributed by atoms with E-state index in [1.165, 1.54) is 16.0 Å². The monoisotopic (exact) mass is 420 g/mol. The molecule has 1 amide bonds. The maximum Gasteiger partial charge on any atom is 0.263 e. The zero-order chi connectivity index (χ0) is 20.8. The molecule has 4 rings (SSSR count). The van der Waals surface area contributed by atoms with Crippen molar-refractivity contribution in [2.24, 2.45) is 5.92 Å². The van der Waals surface area contributed by atoms with Crippen LogP contribution in [0, 0.1) is 12.8 Å². The lowest BCUT2D eigenvalue weighted by Crippen LogP contribution is -2.38. The van der Waals surface area contributed by atoms with Crippen LogP contribution >= 0.6 is 11.3 Å². The molecule has 1 aliphatic heterocycles. The molecule has 0 radical (unpaired) electrons. The van der Waals surface area contributed by atoms with Crippen LogP contribution in [-0.4, -0.2) is 28.9 Å². The fraction of sp³-hybridized carbons (Fsp3) is 0.360. The second-order valence-electron chi connectivity index (χ2n) is 8.01. The predicted octanol–water partition coefficient (Wildman–Crippen LogP) is 5.26. The number of amides is 1. The predicted molar refractivity (Wildman–Crippen MR) is 121 cm³/mol. The number of carbonyl (C=O) groups is 1. The summed E-state index contributed by atoms with van der Waals surface area (Å²) in [6.45, 7) is 4.99. The van der Waals surface area contributed by atoms with Crippen molar-refractivity contribution in [3.8, 4) is 0 Å². The molecule has 1 aromatic carbocycles. The highest BCUT2D eigenvalue weighted by Gasteiger charge is 2.24. The minimum atomic E-state index is 0.197. The van der Waals surface area contributed by atoms with E-state index in [0.717, 1.165) is 42.8 Å². The lowest BCUT2D eigenvalue weighted by Gasteiger charge is -2.32. The fourth-order valence-electron chi connectivity index (χ4n) is 3.92. The number of likely N-dealkylation sites (tertiary alicyclic amines) is 1. The zero-order valence-electron chi connectivity index (χ0n) is 17.4. The van der Waals surface area contributed by atoms with Gasteiger partial charge in [-0.1, -0.05) is 24.3 Å². The average molecular weight is 421 g/mol. The maximum atomic E-state index is 12.6. The molecule has 0 atom stereocenters. The highest BCUT2D eigenvalue weighted by Crippen LogP contribution is 2.25. The molecule has 1 fully saturated rings. The highest BCUT2D eigenvalue weighted by molar-refractivity contribution is 7.13. The van der Waals surface area contributed by atoms with Gasteiger partial charge >= 0.3 is 0 Å². The van der Waals surface area contributed by atoms with E-state index in [2.05, 4.69) is 29.2 Å². The lowest BCUT2D eigenvalue weighted by molar-refractivity contribution is 0.0695. The molecule has 5 heteroatoms. The molecule has 156 valence electrons. The Labute approximate surface area is 182 Å². The third kappa shape index (κ3) is 5.55. The van der Waals surface area contributed by atoms with Crippen molar-refractivity contribution in [2.75, 3.05) is 13.1 Å². The minimum Gasteiger partial charge on any atom is -0.372 e. The molecular formula is C25H28N2O2S. The van der Waals surface area contributed by atoms with Gasteiger partial charge in [0.05, 0.1) is 18.1 Å². The summed E-state index contributed by atoms with van der Waals surface area (Å²) in [5, 5.41) is 0. The molecule has 30 heavy (non-hydrogen) atoms. The summed E-state index contributed by atoms with van der Waals surface area (Å²) in [7, 11) is 0. The summed E-state index contributed by atoms with van der Waals surface area (Å²) in [5.41, 5.74) is 3.70. The average Bonchev–Trinajstić information content (AvgIpc) is 3.22. The first kappa shape index (κ1) is 20.8. The first-order valence-corrected chi connectivity index (χ1v) is 11.4. The first-order valence-electron chi connectivity index (χ1n) is 10.6. The van der Waals surface area contributed by atoms with Gasteiger partial charge in [0.1, 0.15) is 0 Å². The zero-order valence-corrected chi connectivity index (χ0v) is 18.2. The molecule has 0 N–H and O–H groups in total. The number of aromatic nitrogens is 1. The molecule has 1 aliphatic rings. The van der Waals surface area contributed by atoms with E-state index < -0.39 is 0 Å². The van der Waals surface area contributed by atoms with Crippen molar-refractivity contribution < 1.29 is 9.53 Å². The molecule has 4 nitrogen and oxygen atoms in total. The number of carbonyl (C=O) groups excluding carboxylic acids is 1. The highest BCUT2D eigenvalue weighted by atomic mass is 32.1. The Morgan fingerprint density at radius 3 is 2.23 bits per heavy atom. The van der Waals surface area contributed by atoms with Gasteiger partial charge in [-0.05, 0) is 73.1 Å². The molecule has 3 aromatic rings. The van der Waals surface area contributed by atoms with Crippen LogP contribution in [-0.2, 0) is 24.4 Å². The second kappa shape index (κ2) is 10.0. The number of rotatable bonds is 7. The first-order chi connectivity index (χ1) is 14.7. The smallest absolute Gasteiger partial charge is 0.263 e. The summed E-state index contributed by atoms with van der Waals surface area (Å²) in [5.74, 6) is 0.843. The molecule has 1 saturated heterocycles. The molecule has 0 spiro atoms. The summed E-state index contributed by atoms with van der Waals surface area (Å²) in [6.07, 6.45) is 6.81. The van der Waals surface area contributed by atoms with Gasteiger partial charge in [-0.3, -0.25) is 9.78 Å². The van der Waals surface area contributed by atoms with Crippen molar-refractivity contribution in [1.29, 1.82) is 0 Å². The van der Waals surface area contributed by atoms with Crippen LogP contribution in [0.2, 0.25) is 0 Å². The van der Waals surface area contributed by atoms with E-state index in [4.69, 9.17) is 4.74 Å². The number of pyridine rings is 1. The van der Waals surface area contributed by atoms with Crippen molar-refractivity contribution in [3.05, 3.63) is 87.4 Å². The molecule has 2 aromatic heterocycles. The number of thiophene rings is 1. The topological polar surface area (TPSA) is 42.4 Å². The summed E-state index contributed by atoms with van der Waals surface area (Å²) in [4.78, 5) is 20.7. The Hall–Kier alpha value is -2.50. The van der Waals surface area contributed by atoms with Crippen LogP contribution in [0.5, 0.6) is 0 Å². The molecule has 0 aliphatic carbocycles. The molecule has 0 unspecified atom stereocenters. The number of aryl methyl sites for hydroxylation is 1. The molecular weight excluding hydrogens is 392 g/mol. The number of nitrogens with zero attached hydrogens (tertiary/aromatic N) is 2. The number of hydrogen-bond donors (Lipinski definition) is 0. The lowest BCUT2D eigenvalue weighted by atomic mass is 9.90. The number of benzene rings is 1. The van der Waals surface area contributed by atoms with Gasteiger partial charge in [0.25, 0.3) is 5.91 Å². The van der Waals surface area contributed by atoms with Crippen molar-refractivity contribution in [3.63, 3.8) is 0 Å². The second-order valence-corrected chi connectivity index (χ2v) is 9.30. The SMILES string of the molecule is Cc1ccc(C(=O)N2CCC(Cc3ccc(COCc4ccncc4)cc3)CC2)s1. The summed E-state index contributed by atoms with van der Waals surface area (Å²) < 4.78 is 5.80. The van der Waals surface area contributed by atoms with Gasteiger partial charge in [-0.2, -0.15) is 0 Å². The van der Waals surface area contributed by atoms with E-state index in [1.54, 1.807) is 23.7 Å². The van der Waals surface area contributed by atoms with Gasteiger partial charge in [-0.15, -0.1) is 11.3 Å². The Balaban J connectivity index is 1.21. The van der Waals surface area contributed by atoms with E-state index in [9.17, 15) is 4.79 Å². The van der Waals surface area contributed by atoms with E-state index in [0.29, 0.717) is 19.1 Å². The Bertz CT molecular complexity index is 945. The molecule has 3 heterocycles. The standard InChI is InChI=1S/C25H28N2O2S/c1-19-2-7-24(30-19)25(28)27-14-10-21(11-15-27)16-20-3-5-22(6-4-20)17-29-18-23-8-12-26-13-9-23/h2-9,12-13,21H,10-11,14-18H2,1H3. The maximum absolute atomic E-state index is 12.6. The van der Waals surface area contributed by atoms with E-state index >= 15 is 0 Å². The van der Waals surface area contributed by atoms with Crippen LogP contribution in [0.3, 0.4) is 0 Å². The van der Waals surface area contributed by atoms with Gasteiger partial charge in [0, 0.05) is 30.4 Å². The van der Waals surface area contributed by atoms with Gasteiger partial charge in [-0.25, -0.2) is 0 Å². The normalized spacial score (nSPS) is 14.8. The number of hydrogen-bond acceptors (Lipinski definition) is 4. The molecule has 0 saturated carbocycles. The third-order valence-electron chi connectivity index (χ3n) is 5.69.